The molecule has 0 aromatic carbocycles. The second kappa shape index (κ2) is 7.69. The van der Waals surface area contributed by atoms with Crippen LogP contribution in [0.1, 0.15) is 34.6 Å². The Kier molecular flexibility index (Phi) is 7.69. The Hall–Kier alpha value is -0.00312. The van der Waals surface area contributed by atoms with E-state index < -0.39 is 8.32 Å². The minimum atomic E-state index is -1.85. The van der Waals surface area contributed by atoms with Crippen molar-refractivity contribution < 1.29 is 14.0 Å². The lowest BCUT2D eigenvalue weighted by Crippen LogP contribution is -2.46. The summed E-state index contributed by atoms with van der Waals surface area (Å²) in [6.45, 7) is 15.1. The van der Waals surface area contributed by atoms with Gasteiger partial charge in [-0.05, 0) is 30.8 Å². The molecule has 0 aliphatic heterocycles. The van der Waals surface area contributed by atoms with E-state index in [1.54, 1.807) is 11.8 Å². The number of ether oxygens (including phenoxy) is 1. The van der Waals surface area contributed by atoms with Gasteiger partial charge >= 0.3 is 5.97 Å². The molecule has 0 N–H and O–H groups in total. The van der Waals surface area contributed by atoms with Crippen molar-refractivity contribution in [2.75, 3.05) is 18.6 Å². The highest BCUT2D eigenvalue weighted by Gasteiger charge is 2.40. The molecule has 0 aromatic rings. The van der Waals surface area contributed by atoms with Crippen LogP contribution in [0.4, 0.5) is 0 Å². The molecule has 0 amide bonds. The molecule has 0 aliphatic rings. The molecule has 0 fully saturated rings. The number of carbonyl (C=O) groups is 1. The van der Waals surface area contributed by atoms with Gasteiger partial charge in [-0.15, -0.1) is 0 Å². The summed E-state index contributed by atoms with van der Waals surface area (Å²) in [6.07, 6.45) is -0.0904. The first-order chi connectivity index (χ1) is 8.56. The lowest BCUT2D eigenvalue weighted by Gasteiger charge is -2.39. The van der Waals surface area contributed by atoms with Crippen molar-refractivity contribution in [2.24, 2.45) is 5.92 Å². The Balaban J connectivity index is 4.81. The molecule has 0 saturated heterocycles. The van der Waals surface area contributed by atoms with Gasteiger partial charge in [-0.3, -0.25) is 4.79 Å². The fourth-order valence-electron chi connectivity index (χ4n) is 1.52. The van der Waals surface area contributed by atoms with Crippen molar-refractivity contribution in [3.63, 3.8) is 0 Å². The number of hydrogen-bond donors (Lipinski definition) is 0. The van der Waals surface area contributed by atoms with Crippen LogP contribution in [-0.4, -0.2) is 39.0 Å². The fraction of sp³-hybridized carbons (Fsp3) is 0.929. The highest BCUT2D eigenvalue weighted by molar-refractivity contribution is 7.99. The Morgan fingerprint density at radius 2 is 1.84 bits per heavy atom. The largest absolute Gasteiger partial charge is 0.469 e. The second-order valence-electron chi connectivity index (χ2n) is 6.37. The van der Waals surface area contributed by atoms with E-state index in [2.05, 4.69) is 40.8 Å². The van der Waals surface area contributed by atoms with E-state index in [1.165, 1.54) is 7.11 Å². The molecule has 0 heterocycles. The quantitative estimate of drug-likeness (QED) is 0.527. The maximum Gasteiger partial charge on any atom is 0.312 e. The average molecular weight is 307 g/mol. The van der Waals surface area contributed by atoms with Crippen molar-refractivity contribution in [3.8, 4) is 0 Å². The second-order valence-corrected chi connectivity index (χ2v) is 12.4. The molecule has 0 spiro atoms. The van der Waals surface area contributed by atoms with Gasteiger partial charge in [0.1, 0.15) is 0 Å². The summed E-state index contributed by atoms with van der Waals surface area (Å²) in [5.74, 6) is 1.43. The lowest BCUT2D eigenvalue weighted by molar-refractivity contribution is -0.147. The maximum atomic E-state index is 11.9. The van der Waals surface area contributed by atoms with Crippen molar-refractivity contribution in [3.05, 3.63) is 0 Å². The first kappa shape index (κ1) is 19.0. The Morgan fingerprint density at radius 1 is 1.32 bits per heavy atom. The molecular formula is C14H30O3SSi. The Labute approximate surface area is 123 Å². The zero-order chi connectivity index (χ0) is 15.3. The van der Waals surface area contributed by atoms with Crippen LogP contribution in [0, 0.1) is 5.92 Å². The van der Waals surface area contributed by atoms with Gasteiger partial charge in [-0.25, -0.2) is 0 Å². The van der Waals surface area contributed by atoms with Crippen LogP contribution in [0.2, 0.25) is 18.1 Å². The standard InChI is InChI=1S/C14H30O3SSi/c1-9-18-10-12(13(15)16-6)11(2)17-19(7,8)14(3,4)5/h11-12H,9-10H2,1-8H3/t11-,12+/m1/s1. The number of rotatable bonds is 7. The Bertz CT molecular complexity index is 287. The zero-order valence-corrected chi connectivity index (χ0v) is 15.5. The first-order valence-corrected chi connectivity index (χ1v) is 11.0. The zero-order valence-electron chi connectivity index (χ0n) is 13.7. The van der Waals surface area contributed by atoms with Crippen LogP contribution < -0.4 is 0 Å². The summed E-state index contributed by atoms with van der Waals surface area (Å²) in [5, 5.41) is 0.153. The molecule has 0 radical (unpaired) electrons. The lowest BCUT2D eigenvalue weighted by atomic mass is 10.1. The van der Waals surface area contributed by atoms with Crippen molar-refractivity contribution >= 4 is 26.0 Å². The molecular weight excluding hydrogens is 276 g/mol. The van der Waals surface area contributed by atoms with E-state index in [0.29, 0.717) is 0 Å². The van der Waals surface area contributed by atoms with E-state index in [-0.39, 0.29) is 23.0 Å². The predicted molar refractivity (Wildman–Crippen MR) is 86.2 cm³/mol. The molecule has 0 bridgehead atoms. The van der Waals surface area contributed by atoms with Crippen molar-refractivity contribution in [1.82, 2.24) is 0 Å². The molecule has 5 heteroatoms. The van der Waals surface area contributed by atoms with Crippen LogP contribution >= 0.6 is 11.8 Å². The topological polar surface area (TPSA) is 35.5 Å². The Morgan fingerprint density at radius 3 is 2.21 bits per heavy atom. The smallest absolute Gasteiger partial charge is 0.312 e. The molecule has 0 aliphatic carbocycles. The number of carbonyl (C=O) groups excluding carboxylic acids is 1. The van der Waals surface area contributed by atoms with E-state index in [4.69, 9.17) is 9.16 Å². The minimum absolute atomic E-state index is 0.0904. The normalized spacial score (nSPS) is 16.0. The summed E-state index contributed by atoms with van der Waals surface area (Å²) in [5.41, 5.74) is 0. The van der Waals surface area contributed by atoms with Gasteiger partial charge in [0.25, 0.3) is 0 Å². The van der Waals surface area contributed by atoms with Gasteiger partial charge in [-0.1, -0.05) is 27.7 Å². The van der Waals surface area contributed by atoms with E-state index in [0.717, 1.165) is 11.5 Å². The molecule has 0 rings (SSSR count). The fourth-order valence-corrected chi connectivity index (χ4v) is 3.86. The third-order valence-corrected chi connectivity index (χ3v) is 9.44. The van der Waals surface area contributed by atoms with Crippen LogP contribution in [0.15, 0.2) is 0 Å². The van der Waals surface area contributed by atoms with Gasteiger partial charge < -0.3 is 9.16 Å². The summed E-state index contributed by atoms with van der Waals surface area (Å²) in [7, 11) is -0.396. The maximum absolute atomic E-state index is 11.9. The van der Waals surface area contributed by atoms with Crippen LogP contribution in [-0.2, 0) is 14.0 Å². The van der Waals surface area contributed by atoms with Crippen LogP contribution in [0.25, 0.3) is 0 Å². The van der Waals surface area contributed by atoms with Gasteiger partial charge in [0, 0.05) is 5.75 Å². The summed E-state index contributed by atoms with van der Waals surface area (Å²) < 4.78 is 11.2. The molecule has 0 aromatic heterocycles. The van der Waals surface area contributed by atoms with Crippen LogP contribution in [0.5, 0.6) is 0 Å². The van der Waals surface area contributed by atoms with Crippen molar-refractivity contribution in [2.45, 2.75) is 58.9 Å². The summed E-state index contributed by atoms with van der Waals surface area (Å²) in [6, 6.07) is 0. The summed E-state index contributed by atoms with van der Waals surface area (Å²) in [4.78, 5) is 11.9. The predicted octanol–water partition coefficient (Wildman–Crippen LogP) is 3.94. The number of methoxy groups -OCH3 is 1. The monoisotopic (exact) mass is 306 g/mol. The molecule has 19 heavy (non-hydrogen) atoms. The number of hydrogen-bond acceptors (Lipinski definition) is 4. The molecule has 0 saturated carbocycles. The third kappa shape index (κ3) is 5.88. The highest BCUT2D eigenvalue weighted by Crippen LogP contribution is 2.38. The first-order valence-electron chi connectivity index (χ1n) is 6.90. The molecule has 2 atom stereocenters. The van der Waals surface area contributed by atoms with Gasteiger partial charge in [-0.2, -0.15) is 11.8 Å². The van der Waals surface area contributed by atoms with Crippen molar-refractivity contribution in [1.29, 1.82) is 0 Å². The van der Waals surface area contributed by atoms with Gasteiger partial charge in [0.15, 0.2) is 8.32 Å². The molecule has 3 nitrogen and oxygen atoms in total. The SMILES string of the molecule is CCSC[C@H](C(=O)OC)[C@@H](C)O[Si](C)(C)C(C)(C)C. The van der Waals surface area contributed by atoms with Gasteiger partial charge in [0.05, 0.1) is 19.1 Å². The van der Waals surface area contributed by atoms with E-state index >= 15 is 0 Å². The van der Waals surface area contributed by atoms with Gasteiger partial charge in [0.2, 0.25) is 0 Å². The molecule has 114 valence electrons. The van der Waals surface area contributed by atoms with E-state index in [9.17, 15) is 4.79 Å². The third-order valence-electron chi connectivity index (χ3n) is 3.86. The van der Waals surface area contributed by atoms with E-state index in [1.807, 2.05) is 6.92 Å². The number of thioether (sulfide) groups is 1. The average Bonchev–Trinajstić information content (AvgIpc) is 2.26. The minimum Gasteiger partial charge on any atom is -0.469 e. The number of esters is 1. The highest BCUT2D eigenvalue weighted by atomic mass is 32.2. The summed E-state index contributed by atoms with van der Waals surface area (Å²) >= 11 is 1.76. The molecule has 0 unspecified atom stereocenters. The van der Waals surface area contributed by atoms with Crippen LogP contribution in [0.3, 0.4) is 0 Å².